The van der Waals surface area contributed by atoms with Crippen LogP contribution in [0.25, 0.3) is 0 Å². The summed E-state index contributed by atoms with van der Waals surface area (Å²) >= 11 is 1.72. The van der Waals surface area contributed by atoms with Gasteiger partial charge in [-0.05, 0) is 41.5 Å². The van der Waals surface area contributed by atoms with Gasteiger partial charge in [-0.2, -0.15) is 0 Å². The van der Waals surface area contributed by atoms with E-state index in [0.29, 0.717) is 18.6 Å². The van der Waals surface area contributed by atoms with E-state index in [-0.39, 0.29) is 5.92 Å². The van der Waals surface area contributed by atoms with Crippen molar-refractivity contribution in [2.75, 3.05) is 5.73 Å². The number of hydrogen-bond acceptors (Lipinski definition) is 3. The average molecular weight is 273 g/mol. The van der Waals surface area contributed by atoms with Crippen LogP contribution < -0.4 is 5.73 Å². The first-order valence-electron chi connectivity index (χ1n) is 6.54. The molecule has 0 aliphatic carbocycles. The zero-order valence-corrected chi connectivity index (χ0v) is 12.0. The largest absolute Gasteiger partial charge is 0.399 e. The van der Waals surface area contributed by atoms with Crippen molar-refractivity contribution in [1.29, 1.82) is 0 Å². The molecule has 2 rings (SSSR count). The molecule has 3 heteroatoms. The first kappa shape index (κ1) is 13.8. The van der Waals surface area contributed by atoms with Crippen molar-refractivity contribution in [2.24, 2.45) is 0 Å². The smallest absolute Gasteiger partial charge is 0.133 e. The monoisotopic (exact) mass is 273 g/mol. The van der Waals surface area contributed by atoms with Crippen molar-refractivity contribution < 1.29 is 4.79 Å². The molecule has 0 spiro atoms. The molecule has 19 heavy (non-hydrogen) atoms. The van der Waals surface area contributed by atoms with Gasteiger partial charge in [0.25, 0.3) is 0 Å². The Morgan fingerprint density at radius 1 is 1.26 bits per heavy atom. The number of rotatable bonds is 6. The number of nitrogens with two attached hydrogens (primary N) is 1. The van der Waals surface area contributed by atoms with Gasteiger partial charge in [-0.25, -0.2) is 0 Å². The van der Waals surface area contributed by atoms with Crippen LogP contribution in [0.3, 0.4) is 0 Å². The summed E-state index contributed by atoms with van der Waals surface area (Å²) in [5, 5.41) is 2.05. The fourth-order valence-corrected chi connectivity index (χ4v) is 2.81. The van der Waals surface area contributed by atoms with E-state index in [1.54, 1.807) is 11.3 Å². The molecule has 2 N–H and O–H groups in total. The number of hydrogen-bond donors (Lipinski definition) is 1. The van der Waals surface area contributed by atoms with E-state index in [4.69, 9.17) is 5.73 Å². The van der Waals surface area contributed by atoms with Crippen molar-refractivity contribution in [1.82, 2.24) is 0 Å². The summed E-state index contributed by atoms with van der Waals surface area (Å²) in [6.45, 7) is 2.09. The second-order valence-electron chi connectivity index (χ2n) is 4.89. The summed E-state index contributed by atoms with van der Waals surface area (Å²) in [7, 11) is 0. The molecule has 0 saturated carbocycles. The van der Waals surface area contributed by atoms with Gasteiger partial charge in [-0.1, -0.05) is 25.1 Å². The predicted octanol–water partition coefficient (Wildman–Crippen LogP) is 4.03. The molecule has 100 valence electrons. The Kier molecular flexibility index (Phi) is 4.74. The van der Waals surface area contributed by atoms with Crippen molar-refractivity contribution >= 4 is 22.8 Å². The lowest BCUT2D eigenvalue weighted by atomic mass is 9.94. The fourth-order valence-electron chi connectivity index (χ4n) is 2.10. The first-order chi connectivity index (χ1) is 9.15. The molecule has 2 nitrogen and oxygen atoms in total. The zero-order chi connectivity index (χ0) is 13.7. The molecule has 0 saturated heterocycles. The Bertz CT molecular complexity index is 516. The highest BCUT2D eigenvalue weighted by molar-refractivity contribution is 7.09. The standard InChI is InChI=1S/C16H19NOS/c1-12(13-4-6-14(17)7-5-13)11-15(18)8-9-16-3-2-10-19-16/h2-7,10,12H,8-9,11,17H2,1H3. The van der Waals surface area contributed by atoms with E-state index >= 15 is 0 Å². The number of aryl methyl sites for hydroxylation is 1. The highest BCUT2D eigenvalue weighted by Gasteiger charge is 2.11. The normalized spacial score (nSPS) is 12.3. The van der Waals surface area contributed by atoms with Gasteiger partial charge < -0.3 is 5.73 Å². The second-order valence-corrected chi connectivity index (χ2v) is 5.92. The predicted molar refractivity (Wildman–Crippen MR) is 81.5 cm³/mol. The highest BCUT2D eigenvalue weighted by atomic mass is 32.1. The molecule has 1 atom stereocenters. The molecule has 0 fully saturated rings. The average Bonchev–Trinajstić information content (AvgIpc) is 2.90. The summed E-state index contributed by atoms with van der Waals surface area (Å²) in [4.78, 5) is 13.3. The summed E-state index contributed by atoms with van der Waals surface area (Å²) in [6.07, 6.45) is 2.11. The van der Waals surface area contributed by atoms with Crippen LogP contribution in [0.2, 0.25) is 0 Å². The Labute approximate surface area is 118 Å². The number of Topliss-reactive ketones (excluding diaryl/α,β-unsaturated/α-hetero) is 1. The maximum atomic E-state index is 12.0. The quantitative estimate of drug-likeness (QED) is 0.808. The topological polar surface area (TPSA) is 43.1 Å². The molecule has 1 aromatic carbocycles. The Balaban J connectivity index is 1.83. The number of anilines is 1. The summed E-state index contributed by atoms with van der Waals surface area (Å²) < 4.78 is 0. The van der Waals surface area contributed by atoms with E-state index in [1.807, 2.05) is 30.3 Å². The van der Waals surface area contributed by atoms with Crippen LogP contribution in [0.15, 0.2) is 41.8 Å². The van der Waals surface area contributed by atoms with Crippen LogP contribution in [0.5, 0.6) is 0 Å². The molecule has 0 aliphatic rings. The molecular weight excluding hydrogens is 254 g/mol. The third-order valence-electron chi connectivity index (χ3n) is 3.27. The Morgan fingerprint density at radius 2 is 2.00 bits per heavy atom. The molecule has 1 aromatic heterocycles. The third kappa shape index (κ3) is 4.21. The van der Waals surface area contributed by atoms with Crippen LogP contribution in [0, 0.1) is 0 Å². The number of carbonyl (C=O) groups is 1. The second kappa shape index (κ2) is 6.53. The number of benzene rings is 1. The van der Waals surface area contributed by atoms with E-state index in [2.05, 4.69) is 18.4 Å². The summed E-state index contributed by atoms with van der Waals surface area (Å²) in [6, 6.07) is 11.9. The third-order valence-corrected chi connectivity index (χ3v) is 4.21. The molecule has 1 heterocycles. The molecular formula is C16H19NOS. The van der Waals surface area contributed by atoms with Gasteiger partial charge in [-0.15, -0.1) is 11.3 Å². The lowest BCUT2D eigenvalue weighted by molar-refractivity contribution is -0.119. The Morgan fingerprint density at radius 3 is 2.63 bits per heavy atom. The van der Waals surface area contributed by atoms with Crippen LogP contribution in [-0.2, 0) is 11.2 Å². The number of carbonyl (C=O) groups excluding carboxylic acids is 1. The minimum absolute atomic E-state index is 0.261. The molecule has 0 aliphatic heterocycles. The van der Waals surface area contributed by atoms with Gasteiger partial charge in [0.15, 0.2) is 0 Å². The van der Waals surface area contributed by atoms with Crippen LogP contribution in [0.4, 0.5) is 5.69 Å². The van der Waals surface area contributed by atoms with E-state index in [9.17, 15) is 4.79 Å². The van der Waals surface area contributed by atoms with Gasteiger partial charge in [0.2, 0.25) is 0 Å². The van der Waals surface area contributed by atoms with Gasteiger partial charge in [-0.3, -0.25) is 4.79 Å². The summed E-state index contributed by atoms with van der Waals surface area (Å²) in [5.74, 6) is 0.592. The molecule has 0 radical (unpaired) electrons. The van der Waals surface area contributed by atoms with Crippen molar-refractivity contribution in [3.8, 4) is 0 Å². The van der Waals surface area contributed by atoms with Crippen molar-refractivity contribution in [2.45, 2.75) is 32.1 Å². The maximum Gasteiger partial charge on any atom is 0.133 e. The van der Waals surface area contributed by atoms with Crippen molar-refractivity contribution in [3.05, 3.63) is 52.2 Å². The van der Waals surface area contributed by atoms with Gasteiger partial charge in [0.05, 0.1) is 0 Å². The minimum atomic E-state index is 0.261. The van der Waals surface area contributed by atoms with Gasteiger partial charge in [0, 0.05) is 23.4 Å². The lowest BCUT2D eigenvalue weighted by Gasteiger charge is -2.11. The number of thiophene rings is 1. The zero-order valence-electron chi connectivity index (χ0n) is 11.1. The first-order valence-corrected chi connectivity index (χ1v) is 7.42. The molecule has 2 aromatic rings. The van der Waals surface area contributed by atoms with E-state index in [1.165, 1.54) is 10.4 Å². The van der Waals surface area contributed by atoms with E-state index in [0.717, 1.165) is 12.1 Å². The lowest BCUT2D eigenvalue weighted by Crippen LogP contribution is -2.05. The number of nitrogen functional groups attached to an aromatic ring is 1. The van der Waals surface area contributed by atoms with Gasteiger partial charge in [0.1, 0.15) is 5.78 Å². The van der Waals surface area contributed by atoms with Crippen LogP contribution >= 0.6 is 11.3 Å². The van der Waals surface area contributed by atoms with E-state index < -0.39 is 0 Å². The van der Waals surface area contributed by atoms with Crippen molar-refractivity contribution in [3.63, 3.8) is 0 Å². The fraction of sp³-hybridized carbons (Fsp3) is 0.312. The van der Waals surface area contributed by atoms with Gasteiger partial charge >= 0.3 is 0 Å². The minimum Gasteiger partial charge on any atom is -0.399 e. The highest BCUT2D eigenvalue weighted by Crippen LogP contribution is 2.21. The summed E-state index contributed by atoms with van der Waals surface area (Å²) in [5.41, 5.74) is 7.61. The molecule has 0 bridgehead atoms. The Hall–Kier alpha value is -1.61. The maximum absolute atomic E-state index is 12.0. The SMILES string of the molecule is CC(CC(=O)CCc1cccs1)c1ccc(N)cc1. The number of ketones is 1. The molecule has 0 amide bonds. The van der Waals surface area contributed by atoms with Crippen LogP contribution in [0.1, 0.15) is 36.1 Å². The van der Waals surface area contributed by atoms with Crippen LogP contribution in [-0.4, -0.2) is 5.78 Å². The molecule has 1 unspecified atom stereocenters.